The Bertz CT molecular complexity index is 1130. The minimum atomic E-state index is -0.846. The Labute approximate surface area is 194 Å². The van der Waals surface area contributed by atoms with Crippen molar-refractivity contribution in [3.63, 3.8) is 0 Å². The molecule has 176 valence electrons. The number of hydrogen-bond acceptors (Lipinski definition) is 8. The van der Waals surface area contributed by atoms with E-state index >= 15 is 0 Å². The summed E-state index contributed by atoms with van der Waals surface area (Å²) in [6, 6.07) is 2.81. The molecule has 2 aromatic rings. The number of thiophene rings is 1. The van der Waals surface area contributed by atoms with Crippen LogP contribution in [0, 0.1) is 31.6 Å². The van der Waals surface area contributed by atoms with Crippen LogP contribution >= 0.6 is 11.3 Å². The van der Waals surface area contributed by atoms with Gasteiger partial charge in [0.25, 0.3) is 17.3 Å². The lowest BCUT2D eigenvalue weighted by Crippen LogP contribution is -2.26. The number of nitrogens with one attached hydrogen (secondary N) is 1. The molecule has 0 bridgehead atoms. The number of nitrogens with zero attached hydrogens (tertiary/aromatic N) is 2. The summed E-state index contributed by atoms with van der Waals surface area (Å²) in [6.45, 7) is 8.34. The second-order valence-electron chi connectivity index (χ2n) is 8.90. The van der Waals surface area contributed by atoms with Gasteiger partial charge in [-0.1, -0.05) is 20.8 Å². The van der Waals surface area contributed by atoms with Crippen molar-refractivity contribution in [2.45, 2.75) is 47.0 Å². The second kappa shape index (κ2) is 9.26. The maximum absolute atomic E-state index is 13.0. The maximum atomic E-state index is 13.0. The Morgan fingerprint density at radius 2 is 1.91 bits per heavy atom. The first kappa shape index (κ1) is 24.3. The number of rotatable bonds is 6. The third-order valence-electron chi connectivity index (χ3n) is 5.83. The van der Waals surface area contributed by atoms with Crippen LogP contribution in [0.2, 0.25) is 0 Å². The topological polar surface area (TPSA) is 142 Å². The molecule has 0 spiro atoms. The van der Waals surface area contributed by atoms with Gasteiger partial charge in [-0.25, -0.2) is 4.79 Å². The molecule has 0 radical (unpaired) electrons. The highest BCUT2D eigenvalue weighted by atomic mass is 32.1. The summed E-state index contributed by atoms with van der Waals surface area (Å²) in [7, 11) is 0. The second-order valence-corrected chi connectivity index (χ2v) is 10.0. The van der Waals surface area contributed by atoms with Crippen LogP contribution in [-0.2, 0) is 17.6 Å². The largest absolute Gasteiger partial charge is 0.462 e. The van der Waals surface area contributed by atoms with Gasteiger partial charge in [-0.05, 0) is 49.1 Å². The molecule has 1 N–H and O–H groups in total. The number of carbonyl (C=O) groups is 2. The van der Waals surface area contributed by atoms with Gasteiger partial charge >= 0.3 is 5.97 Å². The van der Waals surface area contributed by atoms with Crippen LogP contribution in [0.4, 0.5) is 16.4 Å². The predicted octanol–water partition coefficient (Wildman–Crippen LogP) is 5.14. The minimum absolute atomic E-state index is 0.0779. The number of benzene rings is 1. The van der Waals surface area contributed by atoms with E-state index in [4.69, 9.17) is 4.74 Å². The van der Waals surface area contributed by atoms with Crippen LogP contribution in [-0.4, -0.2) is 28.3 Å². The highest BCUT2D eigenvalue weighted by Gasteiger charge is 2.35. The van der Waals surface area contributed by atoms with Crippen LogP contribution in [0.5, 0.6) is 0 Å². The van der Waals surface area contributed by atoms with Gasteiger partial charge in [0.1, 0.15) is 10.6 Å². The van der Waals surface area contributed by atoms with Crippen molar-refractivity contribution in [2.75, 3.05) is 11.9 Å². The van der Waals surface area contributed by atoms with E-state index in [1.807, 2.05) is 0 Å². The average molecular weight is 476 g/mol. The molecule has 1 aliphatic carbocycles. The Balaban J connectivity index is 2.01. The molecule has 10 nitrogen and oxygen atoms in total. The van der Waals surface area contributed by atoms with Crippen molar-refractivity contribution < 1.29 is 24.2 Å². The molecular weight excluding hydrogens is 450 g/mol. The first-order valence-corrected chi connectivity index (χ1v) is 11.3. The third kappa shape index (κ3) is 5.03. The van der Waals surface area contributed by atoms with Gasteiger partial charge in [0, 0.05) is 10.9 Å². The number of nitro benzene ring substituents is 2. The summed E-state index contributed by atoms with van der Waals surface area (Å²) in [6.07, 6.45) is 2.31. The van der Waals surface area contributed by atoms with E-state index in [-0.39, 0.29) is 28.1 Å². The average Bonchev–Trinajstić information content (AvgIpc) is 3.09. The fourth-order valence-electron chi connectivity index (χ4n) is 3.98. The Morgan fingerprint density at radius 3 is 2.48 bits per heavy atom. The molecule has 1 unspecified atom stereocenters. The molecule has 0 saturated heterocycles. The smallest absolute Gasteiger partial charge is 0.341 e. The summed E-state index contributed by atoms with van der Waals surface area (Å²) in [5.41, 5.74) is -0.318. The van der Waals surface area contributed by atoms with Gasteiger partial charge in [0.05, 0.1) is 28.1 Å². The highest BCUT2D eigenvalue weighted by molar-refractivity contribution is 7.17. The zero-order valence-electron chi connectivity index (χ0n) is 18.8. The molecule has 1 aliphatic rings. The SMILES string of the molecule is CCOC(=O)c1c(NC(=O)c2ccc([N+](=O)[O-])cc2[N+](=O)[O-])sc2c1CCC(C(C)(C)C)C2. The number of non-ortho nitro benzene ring substituents is 1. The lowest BCUT2D eigenvalue weighted by molar-refractivity contribution is -0.394. The van der Waals surface area contributed by atoms with E-state index in [0.717, 1.165) is 41.5 Å². The van der Waals surface area contributed by atoms with Crippen LogP contribution in [0.3, 0.4) is 0 Å². The monoisotopic (exact) mass is 475 g/mol. The van der Waals surface area contributed by atoms with Crippen LogP contribution < -0.4 is 5.32 Å². The number of esters is 1. The molecule has 0 aliphatic heterocycles. The molecule has 1 heterocycles. The predicted molar refractivity (Wildman–Crippen MR) is 123 cm³/mol. The fourth-order valence-corrected chi connectivity index (χ4v) is 5.29. The number of fused-ring (bicyclic) bond motifs is 1. The normalized spacial score (nSPS) is 15.5. The molecule has 1 aromatic carbocycles. The molecule has 0 saturated carbocycles. The van der Waals surface area contributed by atoms with Gasteiger partial charge in [-0.3, -0.25) is 25.0 Å². The number of anilines is 1. The maximum Gasteiger partial charge on any atom is 0.341 e. The Morgan fingerprint density at radius 1 is 1.21 bits per heavy atom. The van der Waals surface area contributed by atoms with E-state index in [9.17, 15) is 29.8 Å². The molecule has 0 fully saturated rings. The molecule has 1 amide bonds. The summed E-state index contributed by atoms with van der Waals surface area (Å²) in [5.74, 6) is -0.983. The number of carbonyl (C=O) groups excluding carboxylic acids is 2. The van der Waals surface area contributed by atoms with Crippen molar-refractivity contribution >= 4 is 39.6 Å². The zero-order valence-corrected chi connectivity index (χ0v) is 19.6. The third-order valence-corrected chi connectivity index (χ3v) is 7.00. The van der Waals surface area contributed by atoms with E-state index in [1.165, 1.54) is 11.3 Å². The van der Waals surface area contributed by atoms with Crippen LogP contribution in [0.25, 0.3) is 0 Å². The van der Waals surface area contributed by atoms with Crippen LogP contribution in [0.1, 0.15) is 65.3 Å². The number of ether oxygens (including phenoxy) is 1. The van der Waals surface area contributed by atoms with Crippen molar-refractivity contribution in [2.24, 2.45) is 11.3 Å². The molecule has 1 atom stereocenters. The van der Waals surface area contributed by atoms with Gasteiger partial charge in [-0.2, -0.15) is 0 Å². The first-order valence-electron chi connectivity index (χ1n) is 10.5. The van der Waals surface area contributed by atoms with Gasteiger partial charge < -0.3 is 10.1 Å². The van der Waals surface area contributed by atoms with E-state index in [0.29, 0.717) is 12.3 Å². The highest BCUT2D eigenvalue weighted by Crippen LogP contribution is 2.44. The summed E-state index contributed by atoms with van der Waals surface area (Å²) in [5, 5.41) is 25.3. The zero-order chi connectivity index (χ0) is 24.5. The van der Waals surface area contributed by atoms with Gasteiger partial charge in [0.2, 0.25) is 0 Å². The molecule has 3 rings (SSSR count). The van der Waals surface area contributed by atoms with E-state index < -0.39 is 33.1 Å². The molecule has 1 aromatic heterocycles. The molecule has 33 heavy (non-hydrogen) atoms. The van der Waals surface area contributed by atoms with Crippen molar-refractivity contribution in [3.8, 4) is 0 Å². The Kier molecular flexibility index (Phi) is 6.82. The van der Waals surface area contributed by atoms with E-state index in [1.54, 1.807) is 6.92 Å². The van der Waals surface area contributed by atoms with Crippen molar-refractivity contribution in [1.82, 2.24) is 0 Å². The number of hydrogen-bond donors (Lipinski definition) is 1. The number of nitro groups is 2. The van der Waals surface area contributed by atoms with Gasteiger partial charge in [0.15, 0.2) is 0 Å². The van der Waals surface area contributed by atoms with Crippen LogP contribution in [0.15, 0.2) is 18.2 Å². The quantitative estimate of drug-likeness (QED) is 0.346. The molecular formula is C22H25N3O7S. The van der Waals surface area contributed by atoms with Crippen molar-refractivity contribution in [3.05, 3.63) is 60.0 Å². The first-order chi connectivity index (χ1) is 15.4. The standard InChI is InChI=1S/C22H25N3O7S/c1-5-32-21(27)18-15-8-6-12(22(2,3)4)10-17(15)33-20(18)23-19(26)14-9-7-13(24(28)29)11-16(14)25(30)31/h7,9,11-12H,5-6,8,10H2,1-4H3,(H,23,26). The Hall–Kier alpha value is -3.34. The minimum Gasteiger partial charge on any atom is -0.462 e. The van der Waals surface area contributed by atoms with Crippen molar-refractivity contribution in [1.29, 1.82) is 0 Å². The van der Waals surface area contributed by atoms with Gasteiger partial charge in [-0.15, -0.1) is 11.3 Å². The summed E-state index contributed by atoms with van der Waals surface area (Å²) < 4.78 is 5.21. The summed E-state index contributed by atoms with van der Waals surface area (Å²) in [4.78, 5) is 47.5. The lowest BCUT2D eigenvalue weighted by atomic mass is 9.72. The summed E-state index contributed by atoms with van der Waals surface area (Å²) >= 11 is 1.27. The van der Waals surface area contributed by atoms with E-state index in [2.05, 4.69) is 26.1 Å². The molecule has 11 heteroatoms. The number of amides is 1. The lowest BCUT2D eigenvalue weighted by Gasteiger charge is -2.33. The fraction of sp³-hybridized carbons (Fsp3) is 0.455.